The molecule has 2 N–H and O–H groups in total. The second-order valence-electron chi connectivity index (χ2n) is 3.99. The highest BCUT2D eigenvalue weighted by Gasteiger charge is 1.99. The van der Waals surface area contributed by atoms with Gasteiger partial charge in [-0.25, -0.2) is 4.39 Å². The highest BCUT2D eigenvalue weighted by Crippen LogP contribution is 2.16. The van der Waals surface area contributed by atoms with Crippen LogP contribution in [0.25, 0.3) is 6.08 Å². The lowest BCUT2D eigenvalue weighted by atomic mass is 10.2. The van der Waals surface area contributed by atoms with E-state index in [0.29, 0.717) is 12.1 Å². The van der Waals surface area contributed by atoms with Gasteiger partial charge in [0.1, 0.15) is 5.82 Å². The van der Waals surface area contributed by atoms with Crippen molar-refractivity contribution >= 4 is 35.3 Å². The average Bonchev–Trinajstić information content (AvgIpc) is 2.44. The number of nitrogens with one attached hydrogen (secondary N) is 1. The fourth-order valence-electron chi connectivity index (χ4n) is 1.36. The molecule has 1 rings (SSSR count). The number of hydrogen-bond acceptors (Lipinski definition) is 3. The Morgan fingerprint density at radius 2 is 2.25 bits per heavy atom. The third kappa shape index (κ3) is 6.93. The molecule has 0 saturated carbocycles. The topological polar surface area (TPSA) is 49.3 Å². The summed E-state index contributed by atoms with van der Waals surface area (Å²) in [5.74, 6) is 1.01. The molecule has 6 heteroatoms. The molecule has 0 fully saturated rings. The molecule has 0 atom stereocenters. The van der Waals surface area contributed by atoms with Crippen LogP contribution in [0.5, 0.6) is 0 Å². The zero-order valence-electron chi connectivity index (χ0n) is 10.9. The third-order valence-corrected chi connectivity index (χ3v) is 3.72. The molecule has 0 bridgehead atoms. The molecule has 1 aromatic carbocycles. The molecule has 0 aliphatic heterocycles. The summed E-state index contributed by atoms with van der Waals surface area (Å²) in [7, 11) is 0. The minimum Gasteiger partial charge on any atom is -0.396 e. The minimum absolute atomic E-state index is 0.0350. The van der Waals surface area contributed by atoms with Gasteiger partial charge in [0.15, 0.2) is 0 Å². The van der Waals surface area contributed by atoms with E-state index in [-0.39, 0.29) is 17.5 Å². The van der Waals surface area contributed by atoms with Crippen molar-refractivity contribution in [1.29, 1.82) is 0 Å². The first-order chi connectivity index (χ1) is 9.63. The number of carbonyl (C=O) groups is 1. The standard InChI is InChI=1S/C14H17ClFNO2S/c15-12-10-11(2-4-13(12)16)3-5-14(19)17-6-9-20-8-1-7-18/h2-5,10,18H,1,6-9H2,(H,17,19)/b5-3+. The summed E-state index contributed by atoms with van der Waals surface area (Å²) in [6, 6.07) is 4.28. The van der Waals surface area contributed by atoms with Gasteiger partial charge in [0.25, 0.3) is 0 Å². The van der Waals surface area contributed by atoms with E-state index in [1.54, 1.807) is 23.9 Å². The largest absolute Gasteiger partial charge is 0.396 e. The Balaban J connectivity index is 2.27. The van der Waals surface area contributed by atoms with Crippen LogP contribution in [0.4, 0.5) is 4.39 Å². The maximum atomic E-state index is 12.9. The quantitative estimate of drug-likeness (QED) is 0.572. The van der Waals surface area contributed by atoms with Crippen molar-refractivity contribution in [2.75, 3.05) is 24.7 Å². The number of halogens is 2. The van der Waals surface area contributed by atoms with Crippen molar-refractivity contribution in [3.05, 3.63) is 40.7 Å². The number of rotatable bonds is 8. The molecular weight excluding hydrogens is 301 g/mol. The monoisotopic (exact) mass is 317 g/mol. The van der Waals surface area contributed by atoms with Crippen molar-refractivity contribution in [2.45, 2.75) is 6.42 Å². The first-order valence-electron chi connectivity index (χ1n) is 6.23. The van der Waals surface area contributed by atoms with Gasteiger partial charge in [-0.3, -0.25) is 4.79 Å². The Hall–Kier alpha value is -1.04. The van der Waals surface area contributed by atoms with Crippen LogP contribution in [0.15, 0.2) is 24.3 Å². The van der Waals surface area contributed by atoms with E-state index in [1.165, 1.54) is 18.2 Å². The zero-order chi connectivity index (χ0) is 14.8. The summed E-state index contributed by atoms with van der Waals surface area (Å²) in [5.41, 5.74) is 0.670. The van der Waals surface area contributed by atoms with Crippen LogP contribution >= 0.6 is 23.4 Å². The molecule has 0 unspecified atom stereocenters. The number of amides is 1. The number of carbonyl (C=O) groups excluding carboxylic acids is 1. The van der Waals surface area contributed by atoms with E-state index in [2.05, 4.69) is 5.32 Å². The molecule has 0 aliphatic rings. The highest BCUT2D eigenvalue weighted by atomic mass is 35.5. The predicted molar refractivity (Wildman–Crippen MR) is 82.5 cm³/mol. The normalized spacial score (nSPS) is 10.9. The fourth-order valence-corrected chi connectivity index (χ4v) is 2.33. The maximum absolute atomic E-state index is 12.9. The molecular formula is C14H17ClFNO2S. The van der Waals surface area contributed by atoms with Crippen LogP contribution in [0, 0.1) is 5.82 Å². The van der Waals surface area contributed by atoms with Crippen LogP contribution < -0.4 is 5.32 Å². The molecule has 0 spiro atoms. The van der Waals surface area contributed by atoms with Crippen LogP contribution in [0.3, 0.4) is 0 Å². The van der Waals surface area contributed by atoms with E-state index < -0.39 is 5.82 Å². The number of benzene rings is 1. The Morgan fingerprint density at radius 3 is 2.95 bits per heavy atom. The van der Waals surface area contributed by atoms with E-state index in [0.717, 1.165) is 17.9 Å². The van der Waals surface area contributed by atoms with Gasteiger partial charge in [-0.2, -0.15) is 11.8 Å². The Labute approximate surface area is 127 Å². The zero-order valence-corrected chi connectivity index (χ0v) is 12.5. The summed E-state index contributed by atoms with van der Waals surface area (Å²) < 4.78 is 12.9. The molecule has 1 amide bonds. The van der Waals surface area contributed by atoms with Crippen molar-refractivity contribution in [1.82, 2.24) is 5.32 Å². The first kappa shape index (κ1) is 17.0. The second kappa shape index (κ2) is 9.80. The van der Waals surface area contributed by atoms with Crippen LogP contribution in [-0.2, 0) is 4.79 Å². The van der Waals surface area contributed by atoms with Gasteiger partial charge in [0, 0.05) is 25.0 Å². The molecule has 0 aromatic heterocycles. The number of aliphatic hydroxyl groups excluding tert-OH is 1. The van der Waals surface area contributed by atoms with E-state index in [4.69, 9.17) is 16.7 Å². The summed E-state index contributed by atoms with van der Waals surface area (Å²) in [6.07, 6.45) is 3.74. The molecule has 110 valence electrons. The maximum Gasteiger partial charge on any atom is 0.244 e. The van der Waals surface area contributed by atoms with Crippen LogP contribution in [0.1, 0.15) is 12.0 Å². The third-order valence-electron chi connectivity index (χ3n) is 2.36. The second-order valence-corrected chi connectivity index (χ2v) is 5.62. The molecule has 20 heavy (non-hydrogen) atoms. The summed E-state index contributed by atoms with van der Waals surface area (Å²) >= 11 is 7.32. The predicted octanol–water partition coefficient (Wildman–Crippen LogP) is 2.72. The fraction of sp³-hybridized carbons (Fsp3) is 0.357. The minimum atomic E-state index is -0.479. The smallest absolute Gasteiger partial charge is 0.244 e. The first-order valence-corrected chi connectivity index (χ1v) is 7.76. The van der Waals surface area contributed by atoms with Gasteiger partial charge in [-0.1, -0.05) is 17.7 Å². The van der Waals surface area contributed by atoms with Gasteiger partial charge in [0.05, 0.1) is 5.02 Å². The van der Waals surface area contributed by atoms with Crippen molar-refractivity contribution in [3.63, 3.8) is 0 Å². The summed E-state index contributed by atoms with van der Waals surface area (Å²) in [4.78, 5) is 11.5. The van der Waals surface area contributed by atoms with Crippen molar-refractivity contribution < 1.29 is 14.3 Å². The molecule has 0 heterocycles. The Bertz CT molecular complexity index is 468. The molecule has 0 saturated heterocycles. The number of aliphatic hydroxyl groups is 1. The van der Waals surface area contributed by atoms with E-state index in [9.17, 15) is 9.18 Å². The SMILES string of the molecule is O=C(/C=C/c1ccc(F)c(Cl)c1)NCCSCCCO. The van der Waals surface area contributed by atoms with E-state index in [1.807, 2.05) is 0 Å². The van der Waals surface area contributed by atoms with Gasteiger partial charge in [-0.15, -0.1) is 0 Å². The lowest BCUT2D eigenvalue weighted by molar-refractivity contribution is -0.116. The van der Waals surface area contributed by atoms with Crippen LogP contribution in [0.2, 0.25) is 5.02 Å². The van der Waals surface area contributed by atoms with Crippen molar-refractivity contribution in [2.24, 2.45) is 0 Å². The molecule has 0 radical (unpaired) electrons. The van der Waals surface area contributed by atoms with Crippen molar-refractivity contribution in [3.8, 4) is 0 Å². The van der Waals surface area contributed by atoms with Crippen LogP contribution in [-0.4, -0.2) is 35.7 Å². The number of thioether (sulfide) groups is 1. The van der Waals surface area contributed by atoms with E-state index >= 15 is 0 Å². The number of hydrogen-bond donors (Lipinski definition) is 2. The molecule has 3 nitrogen and oxygen atoms in total. The Kier molecular flexibility index (Phi) is 8.34. The lowest BCUT2D eigenvalue weighted by Crippen LogP contribution is -2.23. The molecule has 1 aromatic rings. The van der Waals surface area contributed by atoms with Gasteiger partial charge in [-0.05, 0) is 35.9 Å². The van der Waals surface area contributed by atoms with Gasteiger partial charge < -0.3 is 10.4 Å². The lowest BCUT2D eigenvalue weighted by Gasteiger charge is -2.02. The van der Waals surface area contributed by atoms with Gasteiger partial charge >= 0.3 is 0 Å². The molecule has 0 aliphatic carbocycles. The average molecular weight is 318 g/mol. The summed E-state index contributed by atoms with van der Waals surface area (Å²) in [6.45, 7) is 0.770. The highest BCUT2D eigenvalue weighted by molar-refractivity contribution is 7.99. The summed E-state index contributed by atoms with van der Waals surface area (Å²) in [5, 5.41) is 11.4. The van der Waals surface area contributed by atoms with Gasteiger partial charge in [0.2, 0.25) is 5.91 Å². The Morgan fingerprint density at radius 1 is 1.45 bits per heavy atom.